The Morgan fingerprint density at radius 2 is 1.86 bits per heavy atom. The van der Waals surface area contributed by atoms with Crippen LogP contribution < -0.4 is 10.1 Å². The van der Waals surface area contributed by atoms with Crippen molar-refractivity contribution >= 4 is 26.6 Å². The standard InChI is InChI=1S/C22H24N2O4S/c1-2-16-29(26,27)20-12-4-3-10-18(20)22(25)24-14-7-15-28-19-11-5-8-17-9-6-13-23-21(17)19/h3-6,8-13H,2,7,14-16H2,1H3,(H,24,25). The molecule has 1 heterocycles. The predicted molar refractivity (Wildman–Crippen MR) is 113 cm³/mol. The van der Waals surface area contributed by atoms with Gasteiger partial charge in [-0.15, -0.1) is 0 Å². The third kappa shape index (κ3) is 5.12. The molecule has 7 heteroatoms. The molecule has 0 unspecified atom stereocenters. The Balaban J connectivity index is 1.56. The number of carbonyl (C=O) groups excluding carboxylic acids is 1. The second-order valence-corrected chi connectivity index (χ2v) is 8.68. The minimum atomic E-state index is -3.47. The molecule has 29 heavy (non-hydrogen) atoms. The zero-order chi connectivity index (χ0) is 20.7. The van der Waals surface area contributed by atoms with Crippen LogP contribution in [-0.2, 0) is 9.84 Å². The van der Waals surface area contributed by atoms with Crippen LogP contribution in [0.5, 0.6) is 5.75 Å². The average Bonchev–Trinajstić information content (AvgIpc) is 2.73. The third-order valence-corrected chi connectivity index (χ3v) is 6.37. The summed E-state index contributed by atoms with van der Waals surface area (Å²) in [6, 6.07) is 15.9. The number of pyridine rings is 1. The lowest BCUT2D eigenvalue weighted by molar-refractivity contribution is 0.0948. The molecular formula is C22H24N2O4S. The number of para-hydroxylation sites is 1. The van der Waals surface area contributed by atoms with Gasteiger partial charge < -0.3 is 10.1 Å². The predicted octanol–water partition coefficient (Wildman–Crippen LogP) is 3.62. The van der Waals surface area contributed by atoms with Gasteiger partial charge in [-0.25, -0.2) is 8.42 Å². The number of carbonyl (C=O) groups is 1. The van der Waals surface area contributed by atoms with Crippen molar-refractivity contribution < 1.29 is 17.9 Å². The quantitative estimate of drug-likeness (QED) is 0.543. The van der Waals surface area contributed by atoms with E-state index >= 15 is 0 Å². The first-order valence-corrected chi connectivity index (χ1v) is 11.2. The van der Waals surface area contributed by atoms with Gasteiger partial charge in [-0.05, 0) is 37.1 Å². The number of nitrogens with zero attached hydrogens (tertiary/aromatic N) is 1. The summed E-state index contributed by atoms with van der Waals surface area (Å²) in [6.45, 7) is 2.58. The molecule has 0 bridgehead atoms. The number of hydrogen-bond acceptors (Lipinski definition) is 5. The smallest absolute Gasteiger partial charge is 0.252 e. The maximum atomic E-state index is 12.5. The summed E-state index contributed by atoms with van der Waals surface area (Å²) < 4.78 is 30.6. The average molecular weight is 413 g/mol. The van der Waals surface area contributed by atoms with Crippen LogP contribution in [0.15, 0.2) is 65.7 Å². The molecular weight excluding hydrogens is 388 g/mol. The number of hydrogen-bond donors (Lipinski definition) is 1. The van der Waals surface area contributed by atoms with E-state index in [2.05, 4.69) is 10.3 Å². The molecule has 0 saturated carbocycles. The van der Waals surface area contributed by atoms with Crippen molar-refractivity contribution in [3.05, 3.63) is 66.4 Å². The van der Waals surface area contributed by atoms with Crippen LogP contribution in [0.1, 0.15) is 30.1 Å². The van der Waals surface area contributed by atoms with Crippen LogP contribution in [0.2, 0.25) is 0 Å². The number of nitrogens with one attached hydrogen (secondary N) is 1. The van der Waals surface area contributed by atoms with E-state index in [0.29, 0.717) is 31.7 Å². The Labute approximate surface area is 170 Å². The van der Waals surface area contributed by atoms with Crippen molar-refractivity contribution in [1.29, 1.82) is 0 Å². The van der Waals surface area contributed by atoms with Gasteiger partial charge in [-0.2, -0.15) is 0 Å². The number of benzene rings is 2. The Kier molecular flexibility index (Phi) is 6.82. The number of fused-ring (bicyclic) bond motifs is 1. The summed E-state index contributed by atoms with van der Waals surface area (Å²) >= 11 is 0. The highest BCUT2D eigenvalue weighted by Gasteiger charge is 2.21. The van der Waals surface area contributed by atoms with Gasteiger partial charge in [-0.1, -0.05) is 37.3 Å². The van der Waals surface area contributed by atoms with E-state index in [4.69, 9.17) is 4.74 Å². The number of rotatable bonds is 9. The van der Waals surface area contributed by atoms with Crippen molar-refractivity contribution in [3.63, 3.8) is 0 Å². The van der Waals surface area contributed by atoms with E-state index in [0.717, 1.165) is 10.9 Å². The highest BCUT2D eigenvalue weighted by Crippen LogP contribution is 2.23. The summed E-state index contributed by atoms with van der Waals surface area (Å²) in [6.07, 6.45) is 2.80. The zero-order valence-corrected chi connectivity index (χ0v) is 17.1. The van der Waals surface area contributed by atoms with E-state index in [1.54, 1.807) is 25.3 Å². The molecule has 0 spiro atoms. The molecule has 3 rings (SSSR count). The fourth-order valence-corrected chi connectivity index (χ4v) is 4.59. The first-order valence-electron chi connectivity index (χ1n) is 9.59. The topological polar surface area (TPSA) is 85.4 Å². The van der Waals surface area contributed by atoms with E-state index in [1.165, 1.54) is 12.1 Å². The Morgan fingerprint density at radius 3 is 2.69 bits per heavy atom. The third-order valence-electron chi connectivity index (χ3n) is 4.40. The molecule has 0 saturated heterocycles. The van der Waals surface area contributed by atoms with Crippen LogP contribution in [-0.4, -0.2) is 38.2 Å². The van der Waals surface area contributed by atoms with Gasteiger partial charge in [0.1, 0.15) is 11.3 Å². The van der Waals surface area contributed by atoms with Gasteiger partial charge in [0.25, 0.3) is 5.91 Å². The van der Waals surface area contributed by atoms with E-state index in [1.807, 2.05) is 30.3 Å². The van der Waals surface area contributed by atoms with Gasteiger partial charge >= 0.3 is 0 Å². The molecule has 0 atom stereocenters. The second-order valence-electron chi connectivity index (χ2n) is 6.60. The van der Waals surface area contributed by atoms with Crippen molar-refractivity contribution in [3.8, 4) is 5.75 Å². The van der Waals surface area contributed by atoms with Crippen LogP contribution in [0.4, 0.5) is 0 Å². The first kappa shape index (κ1) is 20.8. The number of sulfone groups is 1. The summed E-state index contributed by atoms with van der Waals surface area (Å²) in [5.41, 5.74) is 0.981. The second kappa shape index (κ2) is 9.52. The summed E-state index contributed by atoms with van der Waals surface area (Å²) in [7, 11) is -3.47. The highest BCUT2D eigenvalue weighted by molar-refractivity contribution is 7.91. The van der Waals surface area contributed by atoms with Gasteiger partial charge in [0, 0.05) is 18.1 Å². The summed E-state index contributed by atoms with van der Waals surface area (Å²) in [5, 5.41) is 3.78. The molecule has 0 aliphatic carbocycles. The van der Waals surface area contributed by atoms with Crippen molar-refractivity contribution in [2.75, 3.05) is 18.9 Å². The number of ether oxygens (including phenoxy) is 1. The fourth-order valence-electron chi connectivity index (χ4n) is 3.05. The van der Waals surface area contributed by atoms with Gasteiger partial charge in [0.2, 0.25) is 0 Å². The van der Waals surface area contributed by atoms with Crippen LogP contribution in [0, 0.1) is 0 Å². The van der Waals surface area contributed by atoms with Crippen LogP contribution >= 0.6 is 0 Å². The molecule has 0 radical (unpaired) electrons. The Hall–Kier alpha value is -2.93. The van der Waals surface area contributed by atoms with Crippen molar-refractivity contribution in [2.45, 2.75) is 24.7 Å². The lowest BCUT2D eigenvalue weighted by atomic mass is 10.2. The van der Waals surface area contributed by atoms with Crippen LogP contribution in [0.25, 0.3) is 10.9 Å². The normalized spacial score (nSPS) is 11.3. The Morgan fingerprint density at radius 1 is 1.07 bits per heavy atom. The molecule has 6 nitrogen and oxygen atoms in total. The minimum absolute atomic E-state index is 0.0181. The van der Waals surface area contributed by atoms with Gasteiger partial charge in [0.15, 0.2) is 9.84 Å². The first-order chi connectivity index (χ1) is 14.0. The van der Waals surface area contributed by atoms with Crippen molar-refractivity contribution in [2.24, 2.45) is 0 Å². The summed E-state index contributed by atoms with van der Waals surface area (Å²) in [5.74, 6) is 0.321. The molecule has 1 amide bonds. The number of amides is 1. The van der Waals surface area contributed by atoms with Gasteiger partial charge in [0.05, 0.1) is 22.8 Å². The number of aromatic nitrogens is 1. The SMILES string of the molecule is CCCS(=O)(=O)c1ccccc1C(=O)NCCCOc1cccc2cccnc12. The van der Waals surface area contributed by atoms with Crippen molar-refractivity contribution in [1.82, 2.24) is 10.3 Å². The largest absolute Gasteiger partial charge is 0.491 e. The van der Waals surface area contributed by atoms with Crippen LogP contribution in [0.3, 0.4) is 0 Å². The lowest BCUT2D eigenvalue weighted by Gasteiger charge is -2.11. The molecule has 3 aromatic rings. The zero-order valence-electron chi connectivity index (χ0n) is 16.3. The highest BCUT2D eigenvalue weighted by atomic mass is 32.2. The fraction of sp³-hybridized carbons (Fsp3) is 0.273. The molecule has 1 N–H and O–H groups in total. The summed E-state index contributed by atoms with van der Waals surface area (Å²) in [4.78, 5) is 16.9. The molecule has 0 aliphatic rings. The lowest BCUT2D eigenvalue weighted by Crippen LogP contribution is -2.27. The maximum Gasteiger partial charge on any atom is 0.252 e. The van der Waals surface area contributed by atoms with E-state index in [-0.39, 0.29) is 16.2 Å². The Bertz CT molecular complexity index is 1090. The monoisotopic (exact) mass is 412 g/mol. The van der Waals surface area contributed by atoms with E-state index < -0.39 is 15.7 Å². The molecule has 2 aromatic carbocycles. The maximum absolute atomic E-state index is 12.5. The molecule has 0 aliphatic heterocycles. The molecule has 1 aromatic heterocycles. The van der Waals surface area contributed by atoms with Gasteiger partial charge in [-0.3, -0.25) is 9.78 Å². The van der Waals surface area contributed by atoms with E-state index in [9.17, 15) is 13.2 Å². The molecule has 152 valence electrons. The minimum Gasteiger partial charge on any atom is -0.491 e. The molecule has 0 fully saturated rings.